The van der Waals surface area contributed by atoms with Crippen LogP contribution in [-0.4, -0.2) is 37.5 Å². The molecule has 116 valence electrons. The van der Waals surface area contributed by atoms with Crippen molar-refractivity contribution in [1.82, 2.24) is 16.0 Å². The number of carbonyl (C=O) groups is 2. The Labute approximate surface area is 122 Å². The first-order valence-corrected chi connectivity index (χ1v) is 7.63. The van der Waals surface area contributed by atoms with Crippen LogP contribution in [0, 0.1) is 5.41 Å². The lowest BCUT2D eigenvalue weighted by molar-refractivity contribution is -0.129. The van der Waals surface area contributed by atoms with Crippen LogP contribution in [0.15, 0.2) is 0 Å². The summed E-state index contributed by atoms with van der Waals surface area (Å²) in [6.45, 7) is 6.05. The van der Waals surface area contributed by atoms with Gasteiger partial charge < -0.3 is 16.0 Å². The van der Waals surface area contributed by atoms with Crippen molar-refractivity contribution in [1.29, 1.82) is 0 Å². The summed E-state index contributed by atoms with van der Waals surface area (Å²) in [5.74, 6) is 0.00879. The zero-order valence-electron chi connectivity index (χ0n) is 13.2. The van der Waals surface area contributed by atoms with Crippen molar-refractivity contribution in [2.24, 2.45) is 5.41 Å². The number of hydrogen-bond donors (Lipinski definition) is 3. The summed E-state index contributed by atoms with van der Waals surface area (Å²) in [6, 6.07) is 0.0494. The first-order chi connectivity index (χ1) is 9.36. The third-order valence-corrected chi connectivity index (χ3v) is 4.04. The Morgan fingerprint density at radius 3 is 2.35 bits per heavy atom. The summed E-state index contributed by atoms with van der Waals surface area (Å²) in [5, 5.41) is 8.90. The average Bonchev–Trinajstić information content (AvgIpc) is 2.44. The zero-order valence-corrected chi connectivity index (χ0v) is 13.2. The maximum Gasteiger partial charge on any atom is 0.237 e. The molecule has 1 saturated carbocycles. The molecule has 0 aromatic rings. The van der Waals surface area contributed by atoms with E-state index in [2.05, 4.69) is 16.0 Å². The van der Waals surface area contributed by atoms with Gasteiger partial charge >= 0.3 is 0 Å². The summed E-state index contributed by atoms with van der Waals surface area (Å²) >= 11 is 0. The van der Waals surface area contributed by atoms with Crippen LogP contribution in [0.25, 0.3) is 0 Å². The lowest BCUT2D eigenvalue weighted by Gasteiger charge is -2.27. The molecule has 0 aliphatic heterocycles. The molecule has 0 aromatic carbocycles. The molecular weight excluding hydrogens is 254 g/mol. The fourth-order valence-corrected chi connectivity index (χ4v) is 2.49. The maximum absolute atomic E-state index is 12.1. The van der Waals surface area contributed by atoms with E-state index in [-0.39, 0.29) is 17.9 Å². The molecule has 1 atom stereocenters. The molecule has 1 aliphatic rings. The van der Waals surface area contributed by atoms with Gasteiger partial charge in [0.2, 0.25) is 11.8 Å². The van der Waals surface area contributed by atoms with E-state index >= 15 is 0 Å². The summed E-state index contributed by atoms with van der Waals surface area (Å²) in [4.78, 5) is 23.8. The second-order valence-corrected chi connectivity index (χ2v) is 6.41. The molecule has 1 fully saturated rings. The van der Waals surface area contributed by atoms with Gasteiger partial charge in [-0.3, -0.25) is 9.59 Å². The van der Waals surface area contributed by atoms with E-state index < -0.39 is 5.41 Å². The van der Waals surface area contributed by atoms with Crippen LogP contribution in [0.3, 0.4) is 0 Å². The smallest absolute Gasteiger partial charge is 0.237 e. The van der Waals surface area contributed by atoms with Gasteiger partial charge in [-0.1, -0.05) is 19.3 Å². The summed E-state index contributed by atoms with van der Waals surface area (Å²) < 4.78 is 0. The van der Waals surface area contributed by atoms with Gasteiger partial charge in [0.15, 0.2) is 0 Å². The van der Waals surface area contributed by atoms with E-state index in [0.717, 1.165) is 12.8 Å². The molecule has 0 aromatic heterocycles. The number of nitrogens with one attached hydrogen (secondary N) is 3. The molecule has 1 aliphatic carbocycles. The highest BCUT2D eigenvalue weighted by molar-refractivity contribution is 5.83. The van der Waals surface area contributed by atoms with Gasteiger partial charge in [0, 0.05) is 19.6 Å². The third-order valence-electron chi connectivity index (χ3n) is 4.04. The molecule has 0 bridgehead atoms. The topological polar surface area (TPSA) is 70.2 Å². The van der Waals surface area contributed by atoms with E-state index in [1.165, 1.54) is 19.3 Å². The van der Waals surface area contributed by atoms with Gasteiger partial charge in [0.25, 0.3) is 0 Å². The number of rotatable bonds is 6. The van der Waals surface area contributed by atoms with E-state index in [9.17, 15) is 9.59 Å². The summed E-state index contributed by atoms with van der Waals surface area (Å²) in [5.41, 5.74) is -0.520. The Morgan fingerprint density at radius 2 is 1.80 bits per heavy atom. The summed E-state index contributed by atoms with van der Waals surface area (Å²) in [6.07, 6.45) is 5.86. The van der Waals surface area contributed by atoms with Crippen LogP contribution in [0.2, 0.25) is 0 Å². The second-order valence-electron chi connectivity index (χ2n) is 6.41. The number of hydrogen-bond acceptors (Lipinski definition) is 3. The molecule has 0 saturated heterocycles. The molecule has 1 unspecified atom stereocenters. The van der Waals surface area contributed by atoms with Crippen LogP contribution in [-0.2, 0) is 9.59 Å². The summed E-state index contributed by atoms with van der Waals surface area (Å²) in [7, 11) is 1.63. The largest absolute Gasteiger partial charge is 0.359 e. The van der Waals surface area contributed by atoms with Crippen molar-refractivity contribution in [2.75, 3.05) is 13.6 Å². The van der Waals surface area contributed by atoms with Crippen LogP contribution in [0.4, 0.5) is 0 Å². The highest BCUT2D eigenvalue weighted by atomic mass is 16.2. The van der Waals surface area contributed by atoms with Crippen LogP contribution < -0.4 is 16.0 Å². The van der Waals surface area contributed by atoms with Gasteiger partial charge in [-0.2, -0.15) is 0 Å². The second kappa shape index (κ2) is 7.62. The molecule has 1 rings (SSSR count). The average molecular weight is 283 g/mol. The van der Waals surface area contributed by atoms with Crippen molar-refractivity contribution >= 4 is 11.8 Å². The minimum absolute atomic E-state index is 0.0233. The molecule has 20 heavy (non-hydrogen) atoms. The molecule has 0 heterocycles. The predicted molar refractivity (Wildman–Crippen MR) is 80.3 cm³/mol. The number of amides is 2. The molecule has 2 amide bonds. The Bertz CT molecular complexity index is 336. The lowest BCUT2D eigenvalue weighted by atomic mass is 9.92. The minimum atomic E-state index is -0.520. The van der Waals surface area contributed by atoms with Crippen molar-refractivity contribution in [3.8, 4) is 0 Å². The fraction of sp³-hybridized carbons (Fsp3) is 0.867. The Morgan fingerprint density at radius 1 is 1.20 bits per heavy atom. The third kappa shape index (κ3) is 5.12. The van der Waals surface area contributed by atoms with Crippen molar-refractivity contribution in [3.05, 3.63) is 0 Å². The standard InChI is InChI=1S/C15H29N3O2/c1-11(17-10-15(2,3)14(20)16-4)13(19)18-12-8-6-5-7-9-12/h11-12,17H,5-10H2,1-4H3,(H,16,20)(H,18,19). The minimum Gasteiger partial charge on any atom is -0.359 e. The molecule has 3 N–H and O–H groups in total. The Hall–Kier alpha value is -1.10. The molecular formula is C15H29N3O2. The maximum atomic E-state index is 12.1. The van der Waals surface area contributed by atoms with Gasteiger partial charge in [-0.05, 0) is 33.6 Å². The van der Waals surface area contributed by atoms with Gasteiger partial charge in [0.1, 0.15) is 0 Å². The van der Waals surface area contributed by atoms with Crippen LogP contribution in [0.5, 0.6) is 0 Å². The fourth-order valence-electron chi connectivity index (χ4n) is 2.49. The highest BCUT2D eigenvalue weighted by Gasteiger charge is 2.28. The normalized spacial score (nSPS) is 18.4. The monoisotopic (exact) mass is 283 g/mol. The lowest BCUT2D eigenvalue weighted by Crippen LogP contribution is -2.50. The quantitative estimate of drug-likeness (QED) is 0.685. The van der Waals surface area contributed by atoms with E-state index in [4.69, 9.17) is 0 Å². The van der Waals surface area contributed by atoms with E-state index in [0.29, 0.717) is 12.6 Å². The predicted octanol–water partition coefficient (Wildman–Crippen LogP) is 1.19. The number of carbonyl (C=O) groups excluding carboxylic acids is 2. The SMILES string of the molecule is CNC(=O)C(C)(C)CNC(C)C(=O)NC1CCCCC1. The van der Waals surface area contributed by atoms with Gasteiger partial charge in [0.05, 0.1) is 11.5 Å². The molecule has 0 spiro atoms. The molecule has 5 nitrogen and oxygen atoms in total. The Kier molecular flexibility index (Phi) is 6.46. The van der Waals surface area contributed by atoms with Crippen molar-refractivity contribution < 1.29 is 9.59 Å². The van der Waals surface area contributed by atoms with Crippen LogP contribution >= 0.6 is 0 Å². The first-order valence-electron chi connectivity index (χ1n) is 7.63. The molecule has 0 radical (unpaired) electrons. The van der Waals surface area contributed by atoms with E-state index in [1.807, 2.05) is 20.8 Å². The van der Waals surface area contributed by atoms with Crippen molar-refractivity contribution in [2.45, 2.75) is 65.0 Å². The van der Waals surface area contributed by atoms with Crippen LogP contribution in [0.1, 0.15) is 52.9 Å². The van der Waals surface area contributed by atoms with Crippen molar-refractivity contribution in [3.63, 3.8) is 0 Å². The zero-order chi connectivity index (χ0) is 15.2. The van der Waals surface area contributed by atoms with Gasteiger partial charge in [-0.15, -0.1) is 0 Å². The van der Waals surface area contributed by atoms with Gasteiger partial charge in [-0.25, -0.2) is 0 Å². The molecule has 5 heteroatoms. The first kappa shape index (κ1) is 17.0. The Balaban J connectivity index is 2.35. The van der Waals surface area contributed by atoms with E-state index in [1.54, 1.807) is 7.05 Å². The highest BCUT2D eigenvalue weighted by Crippen LogP contribution is 2.17.